The number of hydrogen-bond donors (Lipinski definition) is 2. The largest absolute Gasteiger partial charge is 0.392 e. The summed E-state index contributed by atoms with van der Waals surface area (Å²) in [6, 6.07) is -0.157. The molecular formula is C10H18N2O2S. The van der Waals surface area contributed by atoms with Gasteiger partial charge in [0, 0.05) is 30.6 Å². The molecular weight excluding hydrogens is 212 g/mol. The second-order valence-corrected chi connectivity index (χ2v) is 5.86. The number of nitrogens with zero attached hydrogens (tertiary/aromatic N) is 1. The maximum Gasteiger partial charge on any atom is 0.239 e. The number of rotatable bonds is 1. The van der Waals surface area contributed by atoms with Crippen LogP contribution in [-0.2, 0) is 4.79 Å². The second kappa shape index (κ2) is 4.72. The first-order chi connectivity index (χ1) is 7.16. The highest BCUT2D eigenvalue weighted by molar-refractivity contribution is 7.99. The maximum absolute atomic E-state index is 12.0. The van der Waals surface area contributed by atoms with Gasteiger partial charge < -0.3 is 15.3 Å². The lowest BCUT2D eigenvalue weighted by Gasteiger charge is -2.32. The van der Waals surface area contributed by atoms with Crippen molar-refractivity contribution in [2.75, 3.05) is 25.4 Å². The minimum Gasteiger partial charge on any atom is -0.392 e. The fraction of sp³-hybridized carbons (Fsp3) is 0.900. The molecule has 0 saturated carbocycles. The van der Waals surface area contributed by atoms with Crippen LogP contribution in [0.2, 0.25) is 0 Å². The van der Waals surface area contributed by atoms with Crippen LogP contribution in [-0.4, -0.2) is 58.7 Å². The Balaban J connectivity index is 1.89. The molecule has 2 aliphatic rings. The van der Waals surface area contributed by atoms with E-state index in [1.54, 1.807) is 0 Å². The maximum atomic E-state index is 12.0. The van der Waals surface area contributed by atoms with Gasteiger partial charge in [0.1, 0.15) is 0 Å². The average molecular weight is 230 g/mol. The summed E-state index contributed by atoms with van der Waals surface area (Å²) in [4.78, 5) is 14.0. The molecule has 3 unspecified atom stereocenters. The molecule has 0 spiro atoms. The number of carbonyl (C=O) groups is 1. The van der Waals surface area contributed by atoms with Crippen LogP contribution >= 0.6 is 11.8 Å². The third kappa shape index (κ3) is 2.65. The number of thioether (sulfide) groups is 1. The molecule has 2 rings (SSSR count). The molecule has 2 N–H and O–H groups in total. The molecule has 86 valence electrons. The fourth-order valence-corrected chi connectivity index (χ4v) is 3.16. The van der Waals surface area contributed by atoms with E-state index >= 15 is 0 Å². The Bertz CT molecular complexity index is 250. The minimum atomic E-state index is -0.351. The van der Waals surface area contributed by atoms with Crippen molar-refractivity contribution in [2.24, 2.45) is 0 Å². The molecule has 0 aromatic carbocycles. The van der Waals surface area contributed by atoms with E-state index in [0.29, 0.717) is 18.2 Å². The number of aliphatic hydroxyl groups excluding tert-OH is 1. The van der Waals surface area contributed by atoms with Crippen LogP contribution in [0.4, 0.5) is 0 Å². The smallest absolute Gasteiger partial charge is 0.239 e. The summed E-state index contributed by atoms with van der Waals surface area (Å²) in [7, 11) is 0. The van der Waals surface area contributed by atoms with E-state index in [1.807, 2.05) is 16.7 Å². The minimum absolute atomic E-state index is 0.157. The van der Waals surface area contributed by atoms with Crippen molar-refractivity contribution in [3.63, 3.8) is 0 Å². The number of carbonyl (C=O) groups excluding carboxylic acids is 1. The van der Waals surface area contributed by atoms with Crippen LogP contribution in [0.3, 0.4) is 0 Å². The first-order valence-electron chi connectivity index (χ1n) is 5.48. The Morgan fingerprint density at radius 3 is 3.00 bits per heavy atom. The van der Waals surface area contributed by atoms with Crippen molar-refractivity contribution in [3.8, 4) is 0 Å². The summed E-state index contributed by atoms with van der Waals surface area (Å²) in [6.45, 7) is 4.40. The van der Waals surface area contributed by atoms with Crippen molar-refractivity contribution in [3.05, 3.63) is 0 Å². The Morgan fingerprint density at radius 2 is 2.40 bits per heavy atom. The molecule has 0 aromatic heterocycles. The Morgan fingerprint density at radius 1 is 1.60 bits per heavy atom. The fourth-order valence-electron chi connectivity index (χ4n) is 2.14. The zero-order chi connectivity index (χ0) is 10.8. The zero-order valence-electron chi connectivity index (χ0n) is 8.98. The van der Waals surface area contributed by atoms with Gasteiger partial charge in [-0.3, -0.25) is 4.79 Å². The van der Waals surface area contributed by atoms with Crippen LogP contribution < -0.4 is 5.32 Å². The number of amides is 1. The highest BCUT2D eigenvalue weighted by Crippen LogP contribution is 2.19. The van der Waals surface area contributed by atoms with Crippen molar-refractivity contribution in [1.82, 2.24) is 10.2 Å². The third-order valence-corrected chi connectivity index (χ3v) is 4.09. The van der Waals surface area contributed by atoms with Gasteiger partial charge in [-0.2, -0.15) is 11.8 Å². The van der Waals surface area contributed by atoms with Gasteiger partial charge >= 0.3 is 0 Å². The lowest BCUT2D eigenvalue weighted by Crippen LogP contribution is -2.48. The highest BCUT2D eigenvalue weighted by Gasteiger charge is 2.32. The van der Waals surface area contributed by atoms with Gasteiger partial charge in [-0.05, 0) is 6.42 Å². The van der Waals surface area contributed by atoms with Crippen molar-refractivity contribution in [2.45, 2.75) is 30.7 Å². The normalized spacial score (nSPS) is 36.9. The average Bonchev–Trinajstić information content (AvgIpc) is 2.64. The molecule has 2 aliphatic heterocycles. The van der Waals surface area contributed by atoms with E-state index < -0.39 is 0 Å². The number of nitrogens with one attached hydrogen (secondary N) is 1. The van der Waals surface area contributed by atoms with Gasteiger partial charge in [-0.15, -0.1) is 0 Å². The SMILES string of the molecule is CC1CN(C(=O)C2CC(O)CN2)CCS1. The molecule has 4 nitrogen and oxygen atoms in total. The van der Waals surface area contributed by atoms with Gasteiger partial charge in [0.2, 0.25) is 5.91 Å². The van der Waals surface area contributed by atoms with E-state index in [2.05, 4.69) is 12.2 Å². The first-order valence-corrected chi connectivity index (χ1v) is 6.53. The first kappa shape index (κ1) is 11.2. The quantitative estimate of drug-likeness (QED) is 0.648. The number of hydrogen-bond acceptors (Lipinski definition) is 4. The molecule has 0 aliphatic carbocycles. The van der Waals surface area contributed by atoms with Gasteiger partial charge in [-0.25, -0.2) is 0 Å². The van der Waals surface area contributed by atoms with Crippen LogP contribution in [0.1, 0.15) is 13.3 Å². The van der Waals surface area contributed by atoms with Crippen molar-refractivity contribution < 1.29 is 9.90 Å². The summed E-state index contributed by atoms with van der Waals surface area (Å²) in [5.74, 6) is 1.20. The topological polar surface area (TPSA) is 52.6 Å². The molecule has 1 amide bonds. The summed E-state index contributed by atoms with van der Waals surface area (Å²) >= 11 is 1.92. The zero-order valence-corrected chi connectivity index (χ0v) is 9.80. The van der Waals surface area contributed by atoms with E-state index in [0.717, 1.165) is 18.8 Å². The molecule has 2 fully saturated rings. The summed E-state index contributed by atoms with van der Waals surface area (Å²) < 4.78 is 0. The molecule has 0 radical (unpaired) electrons. The monoisotopic (exact) mass is 230 g/mol. The van der Waals surface area contributed by atoms with Crippen LogP contribution in [0.15, 0.2) is 0 Å². The summed E-state index contributed by atoms with van der Waals surface area (Å²) in [5.41, 5.74) is 0. The summed E-state index contributed by atoms with van der Waals surface area (Å²) in [5, 5.41) is 13.0. The van der Waals surface area contributed by atoms with E-state index in [9.17, 15) is 9.90 Å². The van der Waals surface area contributed by atoms with Crippen molar-refractivity contribution >= 4 is 17.7 Å². The van der Waals surface area contributed by atoms with E-state index in [-0.39, 0.29) is 18.1 Å². The van der Waals surface area contributed by atoms with Gasteiger partial charge in [-0.1, -0.05) is 6.92 Å². The van der Waals surface area contributed by atoms with Gasteiger partial charge in [0.05, 0.1) is 12.1 Å². The molecule has 2 heterocycles. The van der Waals surface area contributed by atoms with Gasteiger partial charge in [0.25, 0.3) is 0 Å². The standard InChI is InChI=1S/C10H18N2O2S/c1-7-6-12(2-3-15-7)10(14)9-4-8(13)5-11-9/h7-9,11,13H,2-6H2,1H3. The Labute approximate surface area is 94.4 Å². The van der Waals surface area contributed by atoms with Crippen LogP contribution in [0.5, 0.6) is 0 Å². The lowest BCUT2D eigenvalue weighted by molar-refractivity contribution is -0.133. The third-order valence-electron chi connectivity index (χ3n) is 2.96. The van der Waals surface area contributed by atoms with Crippen LogP contribution in [0.25, 0.3) is 0 Å². The van der Waals surface area contributed by atoms with Crippen LogP contribution in [0, 0.1) is 0 Å². The molecule has 5 heteroatoms. The lowest BCUT2D eigenvalue weighted by atomic mass is 10.1. The molecule has 0 bridgehead atoms. The number of aliphatic hydroxyl groups is 1. The van der Waals surface area contributed by atoms with Crippen molar-refractivity contribution in [1.29, 1.82) is 0 Å². The highest BCUT2D eigenvalue weighted by atomic mass is 32.2. The predicted molar refractivity (Wildman–Crippen MR) is 60.9 cm³/mol. The number of β-amino-alcohol motifs (C(OH)–C–C–N with tert-alkyl or cyclic N) is 1. The Hall–Kier alpha value is -0.260. The molecule has 3 atom stereocenters. The Kier molecular flexibility index (Phi) is 3.53. The summed E-state index contributed by atoms with van der Waals surface area (Å²) in [6.07, 6.45) is 0.215. The molecule has 0 aromatic rings. The second-order valence-electron chi connectivity index (χ2n) is 4.32. The predicted octanol–water partition coefficient (Wildman–Crippen LogP) is -0.327. The van der Waals surface area contributed by atoms with E-state index in [4.69, 9.17) is 0 Å². The molecule has 2 saturated heterocycles. The van der Waals surface area contributed by atoms with Gasteiger partial charge in [0.15, 0.2) is 0 Å². The molecule has 15 heavy (non-hydrogen) atoms. The van der Waals surface area contributed by atoms with E-state index in [1.165, 1.54) is 0 Å².